The molecule has 0 bridgehead atoms. The lowest BCUT2D eigenvalue weighted by atomic mass is 10.1. The number of rotatable bonds is 2. The van der Waals surface area contributed by atoms with E-state index in [4.69, 9.17) is 11.6 Å². The minimum atomic E-state index is -0.202. The van der Waals surface area contributed by atoms with E-state index in [9.17, 15) is 4.79 Å². The highest BCUT2D eigenvalue weighted by Crippen LogP contribution is 2.23. The number of amides is 1. The van der Waals surface area contributed by atoms with Crippen LogP contribution in [0.25, 0.3) is 11.0 Å². The average molecular weight is 286 g/mol. The van der Waals surface area contributed by atoms with Crippen LogP contribution in [-0.4, -0.2) is 15.9 Å². The number of aryl methyl sites for hydroxylation is 1. The van der Waals surface area contributed by atoms with Gasteiger partial charge in [-0.1, -0.05) is 17.7 Å². The number of aromatic amines is 1. The fourth-order valence-electron chi connectivity index (χ4n) is 1.99. The second-order valence-electron chi connectivity index (χ2n) is 4.57. The normalized spacial score (nSPS) is 10.7. The van der Waals surface area contributed by atoms with Gasteiger partial charge in [0.1, 0.15) is 0 Å². The molecule has 0 spiro atoms. The highest BCUT2D eigenvalue weighted by atomic mass is 35.5. The fourth-order valence-corrected chi connectivity index (χ4v) is 2.28. The minimum absolute atomic E-state index is 0.202. The molecule has 4 nitrogen and oxygen atoms in total. The number of H-pyrrole nitrogens is 1. The predicted octanol–water partition coefficient (Wildman–Crippen LogP) is 3.78. The van der Waals surface area contributed by atoms with Gasteiger partial charge in [0, 0.05) is 5.56 Å². The van der Waals surface area contributed by atoms with Crippen molar-refractivity contribution in [3.63, 3.8) is 0 Å². The smallest absolute Gasteiger partial charge is 0.255 e. The van der Waals surface area contributed by atoms with Crippen molar-refractivity contribution in [3.8, 4) is 0 Å². The summed E-state index contributed by atoms with van der Waals surface area (Å²) in [5.74, 6) is -0.202. The molecule has 1 amide bonds. The highest BCUT2D eigenvalue weighted by Gasteiger charge is 2.09. The molecule has 2 N–H and O–H groups in total. The molecule has 100 valence electrons. The summed E-state index contributed by atoms with van der Waals surface area (Å²) >= 11 is 6.11. The molecule has 0 saturated heterocycles. The van der Waals surface area contributed by atoms with Gasteiger partial charge in [-0.15, -0.1) is 0 Å². The number of anilines is 1. The molecule has 0 unspecified atom stereocenters. The van der Waals surface area contributed by atoms with E-state index in [-0.39, 0.29) is 5.91 Å². The third kappa shape index (κ3) is 2.38. The number of hydrogen-bond donors (Lipinski definition) is 2. The molecule has 0 radical (unpaired) electrons. The van der Waals surface area contributed by atoms with Crippen LogP contribution >= 0.6 is 11.6 Å². The Balaban J connectivity index is 1.88. The van der Waals surface area contributed by atoms with Crippen molar-refractivity contribution in [2.45, 2.75) is 6.92 Å². The number of halogens is 1. The van der Waals surface area contributed by atoms with Gasteiger partial charge in [0.15, 0.2) is 0 Å². The van der Waals surface area contributed by atoms with E-state index in [1.54, 1.807) is 30.6 Å². The first kappa shape index (κ1) is 12.7. The summed E-state index contributed by atoms with van der Waals surface area (Å²) in [5, 5.41) is 3.33. The molecular weight excluding hydrogens is 274 g/mol. The Bertz CT molecular complexity index is 795. The van der Waals surface area contributed by atoms with E-state index in [0.717, 1.165) is 16.6 Å². The Kier molecular flexibility index (Phi) is 3.16. The first-order valence-corrected chi connectivity index (χ1v) is 6.52. The van der Waals surface area contributed by atoms with Crippen molar-refractivity contribution in [2.24, 2.45) is 0 Å². The van der Waals surface area contributed by atoms with Gasteiger partial charge >= 0.3 is 0 Å². The summed E-state index contributed by atoms with van der Waals surface area (Å²) < 4.78 is 0. The summed E-state index contributed by atoms with van der Waals surface area (Å²) in [6.07, 6.45) is 1.60. The second kappa shape index (κ2) is 4.98. The van der Waals surface area contributed by atoms with E-state index >= 15 is 0 Å². The van der Waals surface area contributed by atoms with Gasteiger partial charge in [0.25, 0.3) is 5.91 Å². The summed E-state index contributed by atoms with van der Waals surface area (Å²) in [6.45, 7) is 1.95. The summed E-state index contributed by atoms with van der Waals surface area (Å²) in [4.78, 5) is 19.3. The number of imidazole rings is 1. The largest absolute Gasteiger partial charge is 0.345 e. The van der Waals surface area contributed by atoms with Gasteiger partial charge in [-0.2, -0.15) is 0 Å². The Hall–Kier alpha value is -2.33. The molecule has 0 aliphatic carbocycles. The monoisotopic (exact) mass is 285 g/mol. The quantitative estimate of drug-likeness (QED) is 0.753. The summed E-state index contributed by atoms with van der Waals surface area (Å²) in [5.41, 5.74) is 3.86. The van der Waals surface area contributed by atoms with Gasteiger partial charge in [-0.3, -0.25) is 4.79 Å². The molecule has 0 fully saturated rings. The topological polar surface area (TPSA) is 57.8 Å². The number of nitrogens with one attached hydrogen (secondary N) is 2. The lowest BCUT2D eigenvalue weighted by Crippen LogP contribution is -2.12. The van der Waals surface area contributed by atoms with Crippen LogP contribution in [0.4, 0.5) is 5.69 Å². The maximum absolute atomic E-state index is 12.2. The fraction of sp³-hybridized carbons (Fsp3) is 0.0667. The Labute approximate surface area is 120 Å². The summed E-state index contributed by atoms with van der Waals surface area (Å²) in [6, 6.07) is 10.8. The average Bonchev–Trinajstić information content (AvgIpc) is 2.89. The number of fused-ring (bicyclic) bond motifs is 1. The van der Waals surface area contributed by atoms with Crippen LogP contribution in [-0.2, 0) is 0 Å². The molecular formula is C15H12ClN3O. The third-order valence-corrected chi connectivity index (χ3v) is 3.37. The van der Waals surface area contributed by atoms with Crippen LogP contribution < -0.4 is 5.32 Å². The number of carbonyl (C=O) groups is 1. The van der Waals surface area contributed by atoms with Crippen molar-refractivity contribution in [3.05, 3.63) is 58.9 Å². The number of aromatic nitrogens is 2. The van der Waals surface area contributed by atoms with Crippen molar-refractivity contribution < 1.29 is 4.79 Å². The molecule has 3 rings (SSSR count). The van der Waals surface area contributed by atoms with Crippen molar-refractivity contribution in [1.82, 2.24) is 9.97 Å². The number of hydrogen-bond acceptors (Lipinski definition) is 2. The maximum atomic E-state index is 12.2. The van der Waals surface area contributed by atoms with E-state index < -0.39 is 0 Å². The van der Waals surface area contributed by atoms with Gasteiger partial charge in [0.05, 0.1) is 28.1 Å². The van der Waals surface area contributed by atoms with E-state index in [2.05, 4.69) is 15.3 Å². The lowest BCUT2D eigenvalue weighted by molar-refractivity contribution is 0.102. The Morgan fingerprint density at radius 3 is 2.90 bits per heavy atom. The molecule has 20 heavy (non-hydrogen) atoms. The minimum Gasteiger partial charge on any atom is -0.345 e. The molecule has 3 aromatic rings. The van der Waals surface area contributed by atoms with Crippen LogP contribution in [0.3, 0.4) is 0 Å². The lowest BCUT2D eigenvalue weighted by Gasteiger charge is -2.08. The highest BCUT2D eigenvalue weighted by molar-refractivity contribution is 6.34. The van der Waals surface area contributed by atoms with E-state index in [0.29, 0.717) is 16.3 Å². The molecule has 0 aliphatic heterocycles. The first-order valence-electron chi connectivity index (χ1n) is 6.14. The molecule has 1 aromatic heterocycles. The maximum Gasteiger partial charge on any atom is 0.255 e. The molecule has 1 heterocycles. The molecule has 5 heteroatoms. The molecule has 0 atom stereocenters. The van der Waals surface area contributed by atoms with Crippen molar-refractivity contribution >= 4 is 34.2 Å². The molecule has 0 aliphatic rings. The number of benzene rings is 2. The SMILES string of the molecule is Cc1ccc(NC(=O)c2ccc3nc[nH]c3c2)c(Cl)c1. The number of nitrogens with zero attached hydrogens (tertiary/aromatic N) is 1. The standard InChI is InChI=1S/C15H12ClN3O/c1-9-2-4-12(11(16)6-9)19-15(20)10-3-5-13-14(7-10)18-8-17-13/h2-8H,1H3,(H,17,18)(H,19,20). The van der Waals surface area contributed by atoms with E-state index in [1.165, 1.54) is 0 Å². The van der Waals surface area contributed by atoms with Crippen molar-refractivity contribution in [2.75, 3.05) is 5.32 Å². The number of carbonyl (C=O) groups excluding carboxylic acids is 1. The van der Waals surface area contributed by atoms with Crippen LogP contribution in [0.1, 0.15) is 15.9 Å². The second-order valence-corrected chi connectivity index (χ2v) is 4.98. The van der Waals surface area contributed by atoms with Crippen LogP contribution in [0, 0.1) is 6.92 Å². The first-order chi connectivity index (χ1) is 9.63. The zero-order chi connectivity index (χ0) is 14.1. The van der Waals surface area contributed by atoms with Crippen molar-refractivity contribution in [1.29, 1.82) is 0 Å². The van der Waals surface area contributed by atoms with Gasteiger partial charge in [-0.05, 0) is 42.8 Å². The predicted molar refractivity (Wildman–Crippen MR) is 80.2 cm³/mol. The third-order valence-electron chi connectivity index (χ3n) is 3.06. The zero-order valence-corrected chi connectivity index (χ0v) is 11.5. The van der Waals surface area contributed by atoms with E-state index in [1.807, 2.05) is 19.1 Å². The van der Waals surface area contributed by atoms with Gasteiger partial charge < -0.3 is 10.3 Å². The van der Waals surface area contributed by atoms with Gasteiger partial charge in [0.2, 0.25) is 0 Å². The Morgan fingerprint density at radius 1 is 1.25 bits per heavy atom. The van der Waals surface area contributed by atoms with Gasteiger partial charge in [-0.25, -0.2) is 4.98 Å². The molecule has 2 aromatic carbocycles. The zero-order valence-electron chi connectivity index (χ0n) is 10.8. The Morgan fingerprint density at radius 2 is 2.10 bits per heavy atom. The van der Waals surface area contributed by atoms with Crippen LogP contribution in [0.5, 0.6) is 0 Å². The van der Waals surface area contributed by atoms with Crippen LogP contribution in [0.2, 0.25) is 5.02 Å². The van der Waals surface area contributed by atoms with Crippen LogP contribution in [0.15, 0.2) is 42.7 Å². The molecule has 0 saturated carbocycles. The summed E-state index contributed by atoms with van der Waals surface area (Å²) in [7, 11) is 0.